The van der Waals surface area contributed by atoms with E-state index in [1.807, 2.05) is 12.1 Å². The van der Waals surface area contributed by atoms with Gasteiger partial charge in [0.2, 0.25) is 0 Å². The van der Waals surface area contributed by atoms with Crippen LogP contribution in [0.25, 0.3) is 0 Å². The lowest BCUT2D eigenvalue weighted by Crippen LogP contribution is -2.42. The van der Waals surface area contributed by atoms with Crippen LogP contribution in [0.2, 0.25) is 0 Å². The van der Waals surface area contributed by atoms with Crippen LogP contribution in [0.5, 0.6) is 0 Å². The Bertz CT molecular complexity index is 341. The summed E-state index contributed by atoms with van der Waals surface area (Å²) in [6, 6.07) is 4.11. The number of hydrogen-bond donors (Lipinski definition) is 2. The minimum absolute atomic E-state index is 0.304. The van der Waals surface area contributed by atoms with Crippen molar-refractivity contribution in [2.45, 2.75) is 44.6 Å². The molecule has 1 aromatic heterocycles. The number of nitrogens with one attached hydrogen (secondary N) is 1. The highest BCUT2D eigenvalue weighted by atomic mass is 16.5. The quantitative estimate of drug-likeness (QED) is 0.781. The molecule has 1 aliphatic rings. The third kappa shape index (κ3) is 5.32. The molecule has 0 amide bonds. The van der Waals surface area contributed by atoms with E-state index in [0.717, 1.165) is 25.2 Å². The Kier molecular flexibility index (Phi) is 5.85. The molecule has 3 unspecified atom stereocenters. The molecule has 0 bridgehead atoms. The molecule has 0 aliphatic carbocycles. The molecule has 0 saturated carbocycles. The maximum atomic E-state index is 9.82. The van der Waals surface area contributed by atoms with Crippen LogP contribution in [0, 0.1) is 0 Å². The van der Waals surface area contributed by atoms with Crippen molar-refractivity contribution in [2.24, 2.45) is 0 Å². The molecule has 0 spiro atoms. The summed E-state index contributed by atoms with van der Waals surface area (Å²) >= 11 is 0. The standard InChI is InChI=1S/C14H23NO4/c1-11-7-12(4-6-18-11)15-8-13(16)9-17-10-14-3-2-5-19-14/h2-3,5,11-13,15-16H,4,6-10H2,1H3. The second-order valence-corrected chi connectivity index (χ2v) is 5.06. The third-order valence-electron chi connectivity index (χ3n) is 3.26. The molecule has 5 nitrogen and oxygen atoms in total. The lowest BCUT2D eigenvalue weighted by Gasteiger charge is -2.28. The van der Waals surface area contributed by atoms with Crippen molar-refractivity contribution in [3.63, 3.8) is 0 Å². The second-order valence-electron chi connectivity index (χ2n) is 5.06. The Morgan fingerprint density at radius 1 is 1.58 bits per heavy atom. The molecular formula is C14H23NO4. The Balaban J connectivity index is 1.55. The minimum Gasteiger partial charge on any atom is -0.467 e. The normalized spacial score (nSPS) is 25.4. The van der Waals surface area contributed by atoms with Crippen molar-refractivity contribution in [2.75, 3.05) is 19.8 Å². The first-order valence-electron chi connectivity index (χ1n) is 6.87. The van der Waals surface area contributed by atoms with E-state index < -0.39 is 6.10 Å². The van der Waals surface area contributed by atoms with E-state index in [0.29, 0.717) is 31.9 Å². The van der Waals surface area contributed by atoms with Gasteiger partial charge >= 0.3 is 0 Å². The van der Waals surface area contributed by atoms with E-state index in [1.165, 1.54) is 0 Å². The second kappa shape index (κ2) is 7.65. The zero-order valence-electron chi connectivity index (χ0n) is 11.4. The predicted molar refractivity (Wildman–Crippen MR) is 70.8 cm³/mol. The predicted octanol–water partition coefficient (Wildman–Crippen LogP) is 1.31. The smallest absolute Gasteiger partial charge is 0.129 e. The molecule has 2 heterocycles. The van der Waals surface area contributed by atoms with Crippen LogP contribution in [0.3, 0.4) is 0 Å². The van der Waals surface area contributed by atoms with Gasteiger partial charge in [-0.25, -0.2) is 0 Å². The highest BCUT2D eigenvalue weighted by Crippen LogP contribution is 2.13. The Hall–Kier alpha value is -0.880. The van der Waals surface area contributed by atoms with Gasteiger partial charge in [-0.15, -0.1) is 0 Å². The summed E-state index contributed by atoms with van der Waals surface area (Å²) in [7, 11) is 0. The molecule has 1 fully saturated rings. The first-order valence-corrected chi connectivity index (χ1v) is 6.87. The minimum atomic E-state index is -0.492. The Labute approximate surface area is 113 Å². The van der Waals surface area contributed by atoms with Crippen LogP contribution in [0.15, 0.2) is 22.8 Å². The zero-order chi connectivity index (χ0) is 13.5. The van der Waals surface area contributed by atoms with Crippen molar-refractivity contribution in [3.8, 4) is 0 Å². The molecule has 19 heavy (non-hydrogen) atoms. The SMILES string of the molecule is CC1CC(NCC(O)COCc2ccco2)CCO1. The number of furan rings is 1. The van der Waals surface area contributed by atoms with Gasteiger partial charge in [0.25, 0.3) is 0 Å². The maximum Gasteiger partial charge on any atom is 0.129 e. The van der Waals surface area contributed by atoms with E-state index in [-0.39, 0.29) is 0 Å². The molecule has 1 aliphatic heterocycles. The molecule has 1 aromatic rings. The first kappa shape index (κ1) is 14.5. The number of ether oxygens (including phenoxy) is 2. The van der Waals surface area contributed by atoms with Crippen molar-refractivity contribution in [1.29, 1.82) is 0 Å². The summed E-state index contributed by atoms with van der Waals surface area (Å²) in [6.45, 7) is 4.14. The molecule has 3 atom stereocenters. The van der Waals surface area contributed by atoms with Gasteiger partial charge in [-0.05, 0) is 31.9 Å². The van der Waals surface area contributed by atoms with Crippen molar-refractivity contribution in [3.05, 3.63) is 24.2 Å². The molecule has 108 valence electrons. The average Bonchev–Trinajstić information content (AvgIpc) is 2.90. The maximum absolute atomic E-state index is 9.82. The molecule has 5 heteroatoms. The number of aliphatic hydroxyl groups excluding tert-OH is 1. The van der Waals surface area contributed by atoms with E-state index >= 15 is 0 Å². The highest BCUT2D eigenvalue weighted by Gasteiger charge is 2.19. The van der Waals surface area contributed by atoms with Gasteiger partial charge in [0.1, 0.15) is 12.4 Å². The van der Waals surface area contributed by atoms with Crippen LogP contribution in [-0.4, -0.2) is 43.1 Å². The fourth-order valence-corrected chi connectivity index (χ4v) is 2.24. The Morgan fingerprint density at radius 2 is 2.47 bits per heavy atom. The van der Waals surface area contributed by atoms with Gasteiger partial charge in [-0.3, -0.25) is 0 Å². The van der Waals surface area contributed by atoms with Crippen LogP contribution < -0.4 is 5.32 Å². The lowest BCUT2D eigenvalue weighted by molar-refractivity contribution is 0.00125. The summed E-state index contributed by atoms with van der Waals surface area (Å²) in [4.78, 5) is 0. The molecule has 0 radical (unpaired) electrons. The molecular weight excluding hydrogens is 246 g/mol. The summed E-state index contributed by atoms with van der Waals surface area (Å²) < 4.78 is 16.0. The van der Waals surface area contributed by atoms with Crippen molar-refractivity contribution >= 4 is 0 Å². The van der Waals surface area contributed by atoms with E-state index in [4.69, 9.17) is 13.9 Å². The average molecular weight is 269 g/mol. The summed E-state index contributed by atoms with van der Waals surface area (Å²) in [5.41, 5.74) is 0. The number of hydrogen-bond acceptors (Lipinski definition) is 5. The molecule has 0 aromatic carbocycles. The summed E-state index contributed by atoms with van der Waals surface area (Å²) in [5.74, 6) is 0.776. The van der Waals surface area contributed by atoms with Gasteiger partial charge in [0.15, 0.2) is 0 Å². The molecule has 2 N–H and O–H groups in total. The van der Waals surface area contributed by atoms with Gasteiger partial charge in [-0.1, -0.05) is 0 Å². The van der Waals surface area contributed by atoms with E-state index in [9.17, 15) is 5.11 Å². The molecule has 2 rings (SSSR count). The van der Waals surface area contributed by atoms with Crippen LogP contribution >= 0.6 is 0 Å². The zero-order valence-corrected chi connectivity index (χ0v) is 11.4. The first-order chi connectivity index (χ1) is 9.24. The van der Waals surface area contributed by atoms with Gasteiger partial charge in [0.05, 0.1) is 25.1 Å². The highest BCUT2D eigenvalue weighted by molar-refractivity contribution is 4.96. The van der Waals surface area contributed by atoms with E-state index in [2.05, 4.69) is 12.2 Å². The molecule has 1 saturated heterocycles. The van der Waals surface area contributed by atoms with Gasteiger partial charge in [0, 0.05) is 19.2 Å². The lowest BCUT2D eigenvalue weighted by atomic mass is 10.0. The summed E-state index contributed by atoms with van der Waals surface area (Å²) in [5, 5.41) is 13.2. The Morgan fingerprint density at radius 3 is 3.21 bits per heavy atom. The monoisotopic (exact) mass is 269 g/mol. The van der Waals surface area contributed by atoms with E-state index in [1.54, 1.807) is 6.26 Å². The topological polar surface area (TPSA) is 63.9 Å². The largest absolute Gasteiger partial charge is 0.467 e. The number of aliphatic hydroxyl groups is 1. The van der Waals surface area contributed by atoms with Crippen LogP contribution in [0.4, 0.5) is 0 Å². The third-order valence-corrected chi connectivity index (χ3v) is 3.26. The fourth-order valence-electron chi connectivity index (χ4n) is 2.24. The van der Waals surface area contributed by atoms with Crippen LogP contribution in [-0.2, 0) is 16.1 Å². The van der Waals surface area contributed by atoms with Crippen molar-refractivity contribution in [1.82, 2.24) is 5.32 Å². The summed E-state index contributed by atoms with van der Waals surface area (Å²) in [6.07, 6.45) is 3.43. The number of rotatable bonds is 7. The van der Waals surface area contributed by atoms with Gasteiger partial charge < -0.3 is 24.3 Å². The van der Waals surface area contributed by atoms with Crippen molar-refractivity contribution < 1.29 is 19.0 Å². The fraction of sp³-hybridized carbons (Fsp3) is 0.714. The van der Waals surface area contributed by atoms with Gasteiger partial charge in [-0.2, -0.15) is 0 Å². The van der Waals surface area contributed by atoms with Crippen LogP contribution in [0.1, 0.15) is 25.5 Å².